The molecule has 0 aliphatic carbocycles. The fourth-order valence-electron chi connectivity index (χ4n) is 2.68. The first-order valence-corrected chi connectivity index (χ1v) is 6.70. The van der Waals surface area contributed by atoms with Crippen molar-refractivity contribution in [1.29, 1.82) is 0 Å². The van der Waals surface area contributed by atoms with Crippen LogP contribution in [0.1, 0.15) is 38.5 Å². The van der Waals surface area contributed by atoms with Crippen LogP contribution in [0.3, 0.4) is 0 Å². The largest absolute Gasteiger partial charge is 0.337 e. The zero-order chi connectivity index (χ0) is 13.1. The standard InChI is InChI=1S/C13H17N5O/c1-2-5-13(6-3-7-16-13)12-17-11(18-19-12)10-4-8-14-9-15-10/h4,8-9,16H,2-3,5-7H2,1H3. The van der Waals surface area contributed by atoms with Crippen molar-refractivity contribution in [3.63, 3.8) is 0 Å². The topological polar surface area (TPSA) is 76.7 Å². The molecule has 19 heavy (non-hydrogen) atoms. The molecule has 1 aliphatic rings. The van der Waals surface area contributed by atoms with E-state index >= 15 is 0 Å². The third-order valence-electron chi connectivity index (χ3n) is 3.57. The summed E-state index contributed by atoms with van der Waals surface area (Å²) in [5.41, 5.74) is 0.544. The van der Waals surface area contributed by atoms with Gasteiger partial charge in [0.15, 0.2) is 0 Å². The fraction of sp³-hybridized carbons (Fsp3) is 0.538. The summed E-state index contributed by atoms with van der Waals surface area (Å²) in [7, 11) is 0. The van der Waals surface area contributed by atoms with E-state index in [1.54, 1.807) is 12.3 Å². The van der Waals surface area contributed by atoms with E-state index in [-0.39, 0.29) is 5.54 Å². The Bertz CT molecular complexity index is 533. The molecule has 0 aromatic carbocycles. The summed E-state index contributed by atoms with van der Waals surface area (Å²) in [5.74, 6) is 1.21. The molecule has 0 spiro atoms. The van der Waals surface area contributed by atoms with Crippen LogP contribution in [-0.2, 0) is 5.54 Å². The van der Waals surface area contributed by atoms with Crippen molar-refractivity contribution in [2.24, 2.45) is 0 Å². The molecular formula is C13H17N5O. The highest BCUT2D eigenvalue weighted by Gasteiger charge is 2.39. The molecule has 100 valence electrons. The lowest BCUT2D eigenvalue weighted by molar-refractivity contribution is 0.241. The molecule has 3 heterocycles. The van der Waals surface area contributed by atoms with Gasteiger partial charge >= 0.3 is 0 Å². The van der Waals surface area contributed by atoms with Gasteiger partial charge in [-0.05, 0) is 31.9 Å². The second kappa shape index (κ2) is 5.05. The van der Waals surface area contributed by atoms with Crippen LogP contribution >= 0.6 is 0 Å². The van der Waals surface area contributed by atoms with E-state index in [2.05, 4.69) is 32.3 Å². The third kappa shape index (κ3) is 2.23. The molecule has 1 atom stereocenters. The normalized spacial score (nSPS) is 22.8. The van der Waals surface area contributed by atoms with Crippen molar-refractivity contribution in [2.45, 2.75) is 38.1 Å². The lowest BCUT2D eigenvalue weighted by Gasteiger charge is -2.24. The molecule has 6 heteroatoms. The Morgan fingerprint density at radius 1 is 1.47 bits per heavy atom. The molecule has 0 saturated carbocycles. The Hall–Kier alpha value is -1.82. The van der Waals surface area contributed by atoms with Crippen LogP contribution in [0.15, 0.2) is 23.1 Å². The Morgan fingerprint density at radius 3 is 3.11 bits per heavy atom. The predicted octanol–water partition coefficient (Wildman–Crippen LogP) is 1.91. The van der Waals surface area contributed by atoms with Crippen molar-refractivity contribution >= 4 is 0 Å². The number of hydrogen-bond donors (Lipinski definition) is 1. The van der Waals surface area contributed by atoms with Gasteiger partial charge in [-0.15, -0.1) is 0 Å². The molecule has 2 aromatic rings. The highest BCUT2D eigenvalue weighted by molar-refractivity contribution is 5.46. The SMILES string of the molecule is CCCC1(c2nc(-c3ccncn3)no2)CCCN1. The third-order valence-corrected chi connectivity index (χ3v) is 3.57. The molecular weight excluding hydrogens is 242 g/mol. The van der Waals surface area contributed by atoms with E-state index in [0.717, 1.165) is 32.2 Å². The Morgan fingerprint density at radius 2 is 2.42 bits per heavy atom. The Labute approximate surface area is 111 Å². The quantitative estimate of drug-likeness (QED) is 0.903. The summed E-state index contributed by atoms with van der Waals surface area (Å²) >= 11 is 0. The van der Waals surface area contributed by atoms with E-state index in [1.807, 2.05) is 0 Å². The highest BCUT2D eigenvalue weighted by atomic mass is 16.5. The lowest BCUT2D eigenvalue weighted by Crippen LogP contribution is -2.36. The molecule has 2 aromatic heterocycles. The van der Waals surface area contributed by atoms with Gasteiger partial charge in [-0.3, -0.25) is 0 Å². The maximum Gasteiger partial charge on any atom is 0.247 e. The summed E-state index contributed by atoms with van der Waals surface area (Å²) in [6.45, 7) is 3.18. The highest BCUT2D eigenvalue weighted by Crippen LogP contribution is 2.34. The zero-order valence-electron chi connectivity index (χ0n) is 11.0. The number of nitrogens with one attached hydrogen (secondary N) is 1. The summed E-state index contributed by atoms with van der Waals surface area (Å²) < 4.78 is 5.47. The summed E-state index contributed by atoms with van der Waals surface area (Å²) in [4.78, 5) is 12.6. The maximum absolute atomic E-state index is 5.47. The minimum absolute atomic E-state index is 0.146. The van der Waals surface area contributed by atoms with Crippen LogP contribution in [0.4, 0.5) is 0 Å². The monoisotopic (exact) mass is 259 g/mol. The maximum atomic E-state index is 5.47. The predicted molar refractivity (Wildman–Crippen MR) is 69.1 cm³/mol. The summed E-state index contributed by atoms with van der Waals surface area (Å²) in [5, 5.41) is 7.57. The molecule has 1 saturated heterocycles. The summed E-state index contributed by atoms with van der Waals surface area (Å²) in [6, 6.07) is 1.78. The smallest absolute Gasteiger partial charge is 0.247 e. The van der Waals surface area contributed by atoms with Gasteiger partial charge in [-0.2, -0.15) is 4.98 Å². The van der Waals surface area contributed by atoms with Gasteiger partial charge < -0.3 is 9.84 Å². The second-order valence-electron chi connectivity index (χ2n) is 4.88. The Balaban J connectivity index is 1.92. The van der Waals surface area contributed by atoms with Crippen molar-refractivity contribution in [2.75, 3.05) is 6.54 Å². The first-order valence-electron chi connectivity index (χ1n) is 6.70. The van der Waals surface area contributed by atoms with E-state index < -0.39 is 0 Å². The van der Waals surface area contributed by atoms with Crippen LogP contribution in [0.25, 0.3) is 11.5 Å². The molecule has 1 fully saturated rings. The van der Waals surface area contributed by atoms with E-state index in [4.69, 9.17) is 4.52 Å². The van der Waals surface area contributed by atoms with E-state index in [9.17, 15) is 0 Å². The van der Waals surface area contributed by atoms with Crippen LogP contribution in [0.2, 0.25) is 0 Å². The first kappa shape index (κ1) is 12.2. The lowest BCUT2D eigenvalue weighted by atomic mass is 9.92. The molecule has 0 radical (unpaired) electrons. The van der Waals surface area contributed by atoms with E-state index in [0.29, 0.717) is 17.4 Å². The minimum atomic E-state index is -0.146. The van der Waals surface area contributed by atoms with Gasteiger partial charge in [0.1, 0.15) is 12.0 Å². The van der Waals surface area contributed by atoms with Crippen LogP contribution in [0.5, 0.6) is 0 Å². The molecule has 0 amide bonds. The summed E-state index contributed by atoms with van der Waals surface area (Å²) in [6.07, 6.45) is 7.45. The van der Waals surface area contributed by atoms with Gasteiger partial charge in [-0.1, -0.05) is 18.5 Å². The molecule has 1 unspecified atom stereocenters. The molecule has 3 rings (SSSR count). The molecule has 0 bridgehead atoms. The number of aromatic nitrogens is 4. The van der Waals surface area contributed by atoms with Gasteiger partial charge in [0.05, 0.1) is 5.54 Å². The average molecular weight is 259 g/mol. The first-order chi connectivity index (χ1) is 9.34. The van der Waals surface area contributed by atoms with Crippen molar-refractivity contribution in [3.05, 3.63) is 24.5 Å². The van der Waals surface area contributed by atoms with Gasteiger partial charge in [-0.25, -0.2) is 9.97 Å². The van der Waals surface area contributed by atoms with Crippen LogP contribution < -0.4 is 5.32 Å². The molecule has 6 nitrogen and oxygen atoms in total. The van der Waals surface area contributed by atoms with Crippen molar-refractivity contribution in [1.82, 2.24) is 25.4 Å². The number of nitrogens with zero attached hydrogens (tertiary/aromatic N) is 4. The van der Waals surface area contributed by atoms with Gasteiger partial charge in [0, 0.05) is 6.20 Å². The number of rotatable bonds is 4. The van der Waals surface area contributed by atoms with Crippen LogP contribution in [0, 0.1) is 0 Å². The minimum Gasteiger partial charge on any atom is -0.337 e. The second-order valence-corrected chi connectivity index (χ2v) is 4.88. The van der Waals surface area contributed by atoms with Gasteiger partial charge in [0.25, 0.3) is 0 Å². The Kier molecular flexibility index (Phi) is 3.25. The molecule has 1 N–H and O–H groups in total. The van der Waals surface area contributed by atoms with E-state index in [1.165, 1.54) is 6.33 Å². The molecule has 1 aliphatic heterocycles. The van der Waals surface area contributed by atoms with Crippen molar-refractivity contribution in [3.8, 4) is 11.5 Å². The fourth-order valence-corrected chi connectivity index (χ4v) is 2.68. The van der Waals surface area contributed by atoms with Crippen molar-refractivity contribution < 1.29 is 4.52 Å². The van der Waals surface area contributed by atoms with Crippen LogP contribution in [-0.4, -0.2) is 26.7 Å². The average Bonchev–Trinajstić information content (AvgIpc) is 3.09. The number of hydrogen-bond acceptors (Lipinski definition) is 6. The van der Waals surface area contributed by atoms with Gasteiger partial charge in [0.2, 0.25) is 11.7 Å². The zero-order valence-corrected chi connectivity index (χ0v) is 11.0.